The minimum Gasteiger partial charge on any atom is -0.308 e. The second kappa shape index (κ2) is 7.48. The fourth-order valence-corrected chi connectivity index (χ4v) is 2.39. The van der Waals surface area contributed by atoms with Crippen molar-refractivity contribution in [1.82, 2.24) is 0 Å². The van der Waals surface area contributed by atoms with Gasteiger partial charge in [0, 0.05) is 36.0 Å². The molecule has 1 rings (SSSR count). The summed E-state index contributed by atoms with van der Waals surface area (Å²) in [7, 11) is 0. The van der Waals surface area contributed by atoms with Crippen molar-refractivity contribution >= 4 is 24.9 Å². The molecule has 2 atom stereocenters. The van der Waals surface area contributed by atoms with Crippen LogP contribution in [0.3, 0.4) is 0 Å². The Labute approximate surface area is 108 Å². The summed E-state index contributed by atoms with van der Waals surface area (Å²) in [6, 6.07) is 0. The molecule has 0 aromatic heterocycles. The molecule has 0 heterocycles. The Hall–Kier alpha value is -1.84. The van der Waals surface area contributed by atoms with Crippen molar-refractivity contribution in [3.63, 3.8) is 0 Å². The average molecular weight is 244 g/mol. The van der Waals surface area contributed by atoms with Crippen LogP contribution in [0.4, 0.5) is 0 Å². The van der Waals surface area contributed by atoms with Crippen molar-refractivity contribution in [2.75, 3.05) is 0 Å². The Morgan fingerprint density at radius 1 is 0.722 bits per heavy atom. The predicted molar refractivity (Wildman–Crippen MR) is 76.7 cm³/mol. The average Bonchev–Trinajstić information content (AvgIpc) is 2.42. The summed E-state index contributed by atoms with van der Waals surface area (Å²) in [5.41, 5.74) is 1.31. The van der Waals surface area contributed by atoms with Crippen LogP contribution in [0.25, 0.3) is 0 Å². The van der Waals surface area contributed by atoms with E-state index < -0.39 is 0 Å². The second-order valence-corrected chi connectivity index (χ2v) is 4.60. The number of rotatable bonds is 6. The molecule has 1 fully saturated rings. The molecule has 0 aromatic carbocycles. The van der Waals surface area contributed by atoms with Crippen LogP contribution >= 0.6 is 0 Å². The van der Waals surface area contributed by atoms with E-state index in [1.165, 1.54) is 24.9 Å². The normalized spacial score (nSPS) is 22.4. The summed E-state index contributed by atoms with van der Waals surface area (Å²) in [4.78, 5) is 0. The summed E-state index contributed by atoms with van der Waals surface area (Å²) < 4.78 is 0. The van der Waals surface area contributed by atoms with E-state index in [-0.39, 0.29) is 0 Å². The molecule has 0 bridgehead atoms. The van der Waals surface area contributed by atoms with E-state index in [4.69, 9.17) is 21.6 Å². The minimum atomic E-state index is 0.399. The van der Waals surface area contributed by atoms with E-state index in [1.54, 1.807) is 0 Å². The summed E-state index contributed by atoms with van der Waals surface area (Å²) >= 11 is 0. The quantitative estimate of drug-likeness (QED) is 0.516. The highest BCUT2D eigenvalue weighted by Crippen LogP contribution is 2.31. The molecule has 0 saturated heterocycles. The van der Waals surface area contributed by atoms with Gasteiger partial charge in [-0.15, -0.1) is 0 Å². The van der Waals surface area contributed by atoms with Gasteiger partial charge in [-0.2, -0.15) is 0 Å². The van der Waals surface area contributed by atoms with Crippen molar-refractivity contribution in [1.29, 1.82) is 21.6 Å². The molecule has 0 aliphatic heterocycles. The van der Waals surface area contributed by atoms with E-state index in [1.807, 2.05) is 12.2 Å². The van der Waals surface area contributed by atoms with Gasteiger partial charge in [0.15, 0.2) is 0 Å². The monoisotopic (exact) mass is 244 g/mol. The van der Waals surface area contributed by atoms with Crippen molar-refractivity contribution in [2.24, 2.45) is 11.8 Å². The molecule has 18 heavy (non-hydrogen) atoms. The van der Waals surface area contributed by atoms with Crippen LogP contribution in [-0.2, 0) is 0 Å². The van der Waals surface area contributed by atoms with Gasteiger partial charge in [-0.3, -0.25) is 0 Å². The first-order chi connectivity index (χ1) is 8.73. The third-order valence-corrected chi connectivity index (χ3v) is 3.28. The van der Waals surface area contributed by atoms with Crippen LogP contribution in [0.15, 0.2) is 23.3 Å². The standard InChI is InChI=1S/C14H20N4/c15-7-13(8-16)5-11-2-1-3-12(4-11)6-14(9-17)10-18/h5-12,15-18H,1-4H2. The maximum atomic E-state index is 7.19. The lowest BCUT2D eigenvalue weighted by atomic mass is 9.80. The van der Waals surface area contributed by atoms with Gasteiger partial charge in [0.25, 0.3) is 0 Å². The molecule has 0 amide bonds. The SMILES string of the molecule is N=CC(C=N)=CC1CCCC(C=C(C=N)C=N)C1. The van der Waals surface area contributed by atoms with E-state index in [0.717, 1.165) is 25.7 Å². The van der Waals surface area contributed by atoms with Gasteiger partial charge in [-0.05, 0) is 31.1 Å². The molecule has 2 unspecified atom stereocenters. The number of hydrogen-bond acceptors (Lipinski definition) is 4. The van der Waals surface area contributed by atoms with Crippen LogP contribution in [0.5, 0.6) is 0 Å². The van der Waals surface area contributed by atoms with Gasteiger partial charge in [0.2, 0.25) is 0 Å². The maximum Gasteiger partial charge on any atom is 0.0262 e. The van der Waals surface area contributed by atoms with Gasteiger partial charge in [0.1, 0.15) is 0 Å². The lowest BCUT2D eigenvalue weighted by Gasteiger charge is -2.25. The van der Waals surface area contributed by atoms with Crippen molar-refractivity contribution in [3.8, 4) is 0 Å². The topological polar surface area (TPSA) is 95.4 Å². The molecular weight excluding hydrogens is 224 g/mol. The fourth-order valence-electron chi connectivity index (χ4n) is 2.39. The van der Waals surface area contributed by atoms with Gasteiger partial charge in [-0.1, -0.05) is 18.6 Å². The van der Waals surface area contributed by atoms with E-state index in [0.29, 0.717) is 23.0 Å². The summed E-state index contributed by atoms with van der Waals surface area (Å²) in [6.07, 6.45) is 13.1. The third kappa shape index (κ3) is 4.20. The Balaban J connectivity index is 2.72. The maximum absolute atomic E-state index is 7.19. The summed E-state index contributed by atoms with van der Waals surface area (Å²) in [6.45, 7) is 0. The van der Waals surface area contributed by atoms with Gasteiger partial charge in [-0.25, -0.2) is 0 Å². The van der Waals surface area contributed by atoms with Crippen molar-refractivity contribution in [3.05, 3.63) is 23.3 Å². The zero-order chi connectivity index (χ0) is 13.4. The first kappa shape index (κ1) is 14.2. The van der Waals surface area contributed by atoms with Crippen molar-refractivity contribution < 1.29 is 0 Å². The fraction of sp³-hybridized carbons (Fsp3) is 0.429. The molecule has 4 heteroatoms. The van der Waals surface area contributed by atoms with Crippen LogP contribution in [0.1, 0.15) is 25.7 Å². The lowest BCUT2D eigenvalue weighted by Crippen LogP contribution is -2.14. The molecule has 4 nitrogen and oxygen atoms in total. The molecule has 0 radical (unpaired) electrons. The predicted octanol–water partition coefficient (Wildman–Crippen LogP) is 3.24. The zero-order valence-corrected chi connectivity index (χ0v) is 10.4. The second-order valence-electron chi connectivity index (χ2n) is 4.60. The van der Waals surface area contributed by atoms with Gasteiger partial charge >= 0.3 is 0 Å². The van der Waals surface area contributed by atoms with E-state index >= 15 is 0 Å². The Bertz CT molecular complexity index is 337. The summed E-state index contributed by atoms with van der Waals surface area (Å²) in [5.74, 6) is 0.798. The highest BCUT2D eigenvalue weighted by molar-refractivity contribution is 6.02. The molecule has 4 N–H and O–H groups in total. The highest BCUT2D eigenvalue weighted by Gasteiger charge is 2.19. The third-order valence-electron chi connectivity index (χ3n) is 3.28. The Kier molecular flexibility index (Phi) is 5.91. The Morgan fingerprint density at radius 3 is 1.44 bits per heavy atom. The lowest BCUT2D eigenvalue weighted by molar-refractivity contribution is 0.352. The number of hydrogen-bond donors (Lipinski definition) is 4. The molecule has 0 spiro atoms. The molecule has 1 saturated carbocycles. The van der Waals surface area contributed by atoms with Crippen LogP contribution in [0, 0.1) is 33.5 Å². The molecule has 0 aromatic rings. The van der Waals surface area contributed by atoms with Crippen LogP contribution < -0.4 is 0 Å². The smallest absolute Gasteiger partial charge is 0.0262 e. The summed E-state index contributed by atoms with van der Waals surface area (Å²) in [5, 5.41) is 28.7. The van der Waals surface area contributed by atoms with Crippen LogP contribution in [0.2, 0.25) is 0 Å². The van der Waals surface area contributed by atoms with E-state index in [9.17, 15) is 0 Å². The molecular formula is C14H20N4. The molecule has 1 aliphatic carbocycles. The zero-order valence-electron chi connectivity index (χ0n) is 10.4. The molecule has 1 aliphatic rings. The Morgan fingerprint density at radius 2 is 1.11 bits per heavy atom. The first-order valence-corrected chi connectivity index (χ1v) is 6.19. The molecule has 96 valence electrons. The largest absolute Gasteiger partial charge is 0.308 e. The first-order valence-electron chi connectivity index (χ1n) is 6.19. The number of nitrogens with one attached hydrogen (secondary N) is 4. The van der Waals surface area contributed by atoms with E-state index in [2.05, 4.69) is 0 Å². The van der Waals surface area contributed by atoms with Gasteiger partial charge in [0.05, 0.1) is 0 Å². The van der Waals surface area contributed by atoms with Crippen molar-refractivity contribution in [2.45, 2.75) is 25.7 Å². The van der Waals surface area contributed by atoms with Gasteiger partial charge < -0.3 is 21.6 Å². The highest BCUT2D eigenvalue weighted by atomic mass is 14.4. The number of allylic oxidation sites excluding steroid dienone is 4. The van der Waals surface area contributed by atoms with Crippen LogP contribution in [-0.4, -0.2) is 24.9 Å². The minimum absolute atomic E-state index is 0.399.